The van der Waals surface area contributed by atoms with E-state index in [4.69, 9.17) is 17.0 Å². The summed E-state index contributed by atoms with van der Waals surface area (Å²) in [5.74, 6) is -0.261. The Morgan fingerprint density at radius 2 is 1.84 bits per heavy atom. The highest BCUT2D eigenvalue weighted by Crippen LogP contribution is 2.38. The molecule has 2 atom stereocenters. The largest absolute Gasteiger partial charge is 0.465 e. The van der Waals surface area contributed by atoms with Crippen molar-refractivity contribution in [3.05, 3.63) is 16.0 Å². The van der Waals surface area contributed by atoms with Crippen LogP contribution < -0.4 is 5.32 Å². The molecule has 0 aromatic carbocycles. The van der Waals surface area contributed by atoms with Crippen LogP contribution in [0.1, 0.15) is 74.2 Å². The Morgan fingerprint density at radius 1 is 1.24 bits per heavy atom. The van der Waals surface area contributed by atoms with Crippen molar-refractivity contribution in [1.29, 1.82) is 0 Å². The number of thiophene rings is 1. The highest BCUT2D eigenvalue weighted by atomic mass is 32.1. The van der Waals surface area contributed by atoms with Gasteiger partial charge in [-0.05, 0) is 70.2 Å². The molecular formula is C19H30N2O2S2. The average molecular weight is 383 g/mol. The van der Waals surface area contributed by atoms with Crippen molar-refractivity contribution in [3.8, 4) is 0 Å². The van der Waals surface area contributed by atoms with Crippen molar-refractivity contribution in [2.75, 3.05) is 12.4 Å². The molecule has 25 heavy (non-hydrogen) atoms. The van der Waals surface area contributed by atoms with Gasteiger partial charge in [-0.2, -0.15) is 0 Å². The molecule has 1 aromatic heterocycles. The lowest BCUT2D eigenvalue weighted by Crippen LogP contribution is -2.46. The third-order valence-electron chi connectivity index (χ3n) is 5.15. The van der Waals surface area contributed by atoms with E-state index in [2.05, 4.69) is 37.9 Å². The van der Waals surface area contributed by atoms with E-state index in [0.717, 1.165) is 42.7 Å². The Kier molecular flexibility index (Phi) is 7.25. The van der Waals surface area contributed by atoms with Crippen molar-refractivity contribution >= 4 is 39.6 Å². The molecule has 0 bridgehead atoms. The number of rotatable bonds is 6. The van der Waals surface area contributed by atoms with Crippen molar-refractivity contribution in [3.63, 3.8) is 0 Å². The minimum atomic E-state index is -0.261. The zero-order valence-corrected chi connectivity index (χ0v) is 17.6. The van der Waals surface area contributed by atoms with Crippen LogP contribution in [0.4, 0.5) is 5.00 Å². The number of fused-ring (bicyclic) bond motifs is 1. The normalized spacial score (nSPS) is 15.9. The van der Waals surface area contributed by atoms with Crippen LogP contribution in [0.3, 0.4) is 0 Å². The fourth-order valence-electron chi connectivity index (χ4n) is 3.36. The predicted molar refractivity (Wildman–Crippen MR) is 110 cm³/mol. The number of esters is 1. The molecule has 6 heteroatoms. The Labute approximate surface area is 160 Å². The summed E-state index contributed by atoms with van der Waals surface area (Å²) >= 11 is 7.40. The number of carbonyl (C=O) groups excluding carboxylic acids is 1. The van der Waals surface area contributed by atoms with Crippen molar-refractivity contribution in [2.24, 2.45) is 0 Å². The first-order valence-corrected chi connectivity index (χ1v) is 10.5. The summed E-state index contributed by atoms with van der Waals surface area (Å²) in [7, 11) is 1.45. The molecule has 0 saturated heterocycles. The lowest BCUT2D eigenvalue weighted by molar-refractivity contribution is 0.0601. The number of thiocarbonyl (C=S) groups is 1. The fraction of sp³-hybridized carbons (Fsp3) is 0.684. The van der Waals surface area contributed by atoms with Gasteiger partial charge >= 0.3 is 5.97 Å². The summed E-state index contributed by atoms with van der Waals surface area (Å²) in [5.41, 5.74) is 1.85. The Balaban J connectivity index is 2.33. The van der Waals surface area contributed by atoms with Crippen LogP contribution in [0.15, 0.2) is 0 Å². The summed E-state index contributed by atoms with van der Waals surface area (Å²) in [6.45, 7) is 8.74. The van der Waals surface area contributed by atoms with Gasteiger partial charge in [-0.25, -0.2) is 4.79 Å². The molecule has 1 aliphatic rings. The molecule has 1 heterocycles. The molecule has 1 aliphatic carbocycles. The summed E-state index contributed by atoms with van der Waals surface area (Å²) < 4.78 is 5.05. The van der Waals surface area contributed by atoms with Crippen molar-refractivity contribution < 1.29 is 9.53 Å². The monoisotopic (exact) mass is 382 g/mol. The first-order chi connectivity index (χ1) is 11.9. The van der Waals surface area contributed by atoms with Crippen LogP contribution in [0.2, 0.25) is 0 Å². The molecule has 2 rings (SSSR count). The molecule has 4 nitrogen and oxygen atoms in total. The smallest absolute Gasteiger partial charge is 0.341 e. The summed E-state index contributed by atoms with van der Waals surface area (Å²) in [4.78, 5) is 15.9. The quantitative estimate of drug-likeness (QED) is 0.553. The van der Waals surface area contributed by atoms with E-state index >= 15 is 0 Å². The summed E-state index contributed by atoms with van der Waals surface area (Å²) in [6.07, 6.45) is 6.35. The molecule has 0 fully saturated rings. The number of nitrogens with zero attached hydrogens (tertiary/aromatic N) is 1. The van der Waals surface area contributed by atoms with Gasteiger partial charge in [0.05, 0.1) is 12.7 Å². The van der Waals surface area contributed by atoms with Crippen LogP contribution in [0.5, 0.6) is 0 Å². The highest BCUT2D eigenvalue weighted by Gasteiger charge is 2.28. The third kappa shape index (κ3) is 4.34. The number of anilines is 1. The van der Waals surface area contributed by atoms with Gasteiger partial charge in [0.15, 0.2) is 5.11 Å². The van der Waals surface area contributed by atoms with Crippen LogP contribution >= 0.6 is 23.6 Å². The van der Waals surface area contributed by atoms with E-state index < -0.39 is 0 Å². The van der Waals surface area contributed by atoms with Gasteiger partial charge in [-0.15, -0.1) is 11.3 Å². The van der Waals surface area contributed by atoms with E-state index in [-0.39, 0.29) is 5.97 Å². The first-order valence-electron chi connectivity index (χ1n) is 9.26. The Hall–Kier alpha value is -1.14. The van der Waals surface area contributed by atoms with Gasteiger partial charge in [-0.1, -0.05) is 13.8 Å². The van der Waals surface area contributed by atoms with Crippen LogP contribution in [-0.4, -0.2) is 35.2 Å². The van der Waals surface area contributed by atoms with Crippen molar-refractivity contribution in [2.45, 2.75) is 78.3 Å². The Bertz CT molecular complexity index is 617. The maximum absolute atomic E-state index is 12.4. The second-order valence-electron chi connectivity index (χ2n) is 6.76. The number of hydrogen-bond acceptors (Lipinski definition) is 4. The lowest BCUT2D eigenvalue weighted by atomic mass is 9.95. The average Bonchev–Trinajstić information content (AvgIpc) is 2.98. The predicted octanol–water partition coefficient (Wildman–Crippen LogP) is 5.01. The number of methoxy groups -OCH3 is 1. The highest BCUT2D eigenvalue weighted by molar-refractivity contribution is 7.80. The van der Waals surface area contributed by atoms with E-state index in [1.165, 1.54) is 18.4 Å². The zero-order valence-electron chi connectivity index (χ0n) is 16.0. The zero-order chi connectivity index (χ0) is 18.6. The maximum Gasteiger partial charge on any atom is 0.341 e. The second-order valence-corrected chi connectivity index (χ2v) is 8.25. The SMILES string of the molecule is CCC(C)N(C(=S)Nc1sc2c(c1C(=O)OC)CCCC2)C(C)CC. The number of aryl methyl sites for hydroxylation is 1. The van der Waals surface area contributed by atoms with Gasteiger partial charge in [0.2, 0.25) is 0 Å². The van der Waals surface area contributed by atoms with E-state index in [1.54, 1.807) is 11.3 Å². The third-order valence-corrected chi connectivity index (χ3v) is 6.67. The minimum absolute atomic E-state index is 0.261. The fourth-order valence-corrected chi connectivity index (χ4v) is 5.16. The van der Waals surface area contributed by atoms with Crippen molar-refractivity contribution in [1.82, 2.24) is 4.90 Å². The van der Waals surface area contributed by atoms with Crippen LogP contribution in [-0.2, 0) is 17.6 Å². The summed E-state index contributed by atoms with van der Waals surface area (Å²) in [5, 5.41) is 4.94. The van der Waals surface area contributed by atoms with Gasteiger partial charge in [0, 0.05) is 17.0 Å². The van der Waals surface area contributed by atoms with E-state index in [0.29, 0.717) is 22.8 Å². The molecule has 0 spiro atoms. The van der Waals surface area contributed by atoms with E-state index in [1.807, 2.05) is 0 Å². The molecule has 0 amide bonds. The second kappa shape index (κ2) is 8.99. The summed E-state index contributed by atoms with van der Waals surface area (Å²) in [6, 6.07) is 0.706. The first kappa shape index (κ1) is 20.2. The van der Waals surface area contributed by atoms with Gasteiger partial charge < -0.3 is 15.0 Å². The minimum Gasteiger partial charge on any atom is -0.465 e. The number of nitrogens with one attached hydrogen (secondary N) is 1. The molecule has 0 saturated carbocycles. The van der Waals surface area contributed by atoms with Crippen LogP contribution in [0, 0.1) is 0 Å². The van der Waals surface area contributed by atoms with Crippen LogP contribution in [0.25, 0.3) is 0 Å². The molecule has 2 unspecified atom stereocenters. The van der Waals surface area contributed by atoms with Gasteiger partial charge in [0.1, 0.15) is 5.00 Å². The standard InChI is InChI=1S/C19H30N2O2S2/c1-6-12(3)21(13(4)7-2)19(24)20-17-16(18(22)23-5)14-10-8-9-11-15(14)25-17/h12-13H,6-11H2,1-5H3,(H,20,24). The van der Waals surface area contributed by atoms with Gasteiger partial charge in [-0.3, -0.25) is 0 Å². The number of hydrogen-bond donors (Lipinski definition) is 1. The maximum atomic E-state index is 12.4. The molecule has 1 N–H and O–H groups in total. The molecule has 140 valence electrons. The number of carbonyl (C=O) groups is 1. The number of ether oxygens (including phenoxy) is 1. The lowest BCUT2D eigenvalue weighted by Gasteiger charge is -2.36. The molecule has 1 aromatic rings. The Morgan fingerprint density at radius 3 is 2.40 bits per heavy atom. The molecule has 0 aliphatic heterocycles. The topological polar surface area (TPSA) is 41.6 Å². The molecular weight excluding hydrogens is 352 g/mol. The van der Waals surface area contributed by atoms with Gasteiger partial charge in [0.25, 0.3) is 0 Å². The van der Waals surface area contributed by atoms with E-state index in [9.17, 15) is 4.79 Å². The molecule has 0 radical (unpaired) electrons.